The molecule has 0 saturated carbocycles. The van der Waals surface area contributed by atoms with Gasteiger partial charge in [-0.25, -0.2) is 4.98 Å². The highest BCUT2D eigenvalue weighted by molar-refractivity contribution is 6.31. The van der Waals surface area contributed by atoms with E-state index in [4.69, 9.17) is 16.0 Å². The first kappa shape index (κ1) is 9.92. The molecule has 0 atom stereocenters. The van der Waals surface area contributed by atoms with Crippen molar-refractivity contribution in [3.05, 3.63) is 53.6 Å². The highest BCUT2D eigenvalue weighted by Gasteiger charge is 2.09. The van der Waals surface area contributed by atoms with Crippen molar-refractivity contribution < 1.29 is 4.42 Å². The van der Waals surface area contributed by atoms with Crippen LogP contribution in [0, 0.1) is 0 Å². The van der Waals surface area contributed by atoms with Crippen LogP contribution >= 0.6 is 11.6 Å². The Labute approximate surface area is 108 Å². The molecule has 18 heavy (non-hydrogen) atoms. The first-order valence-electron chi connectivity index (χ1n) is 5.69. The maximum Gasteiger partial charge on any atom is 0.154 e. The average molecular weight is 254 g/mol. The van der Waals surface area contributed by atoms with Crippen molar-refractivity contribution in [1.82, 2.24) is 4.98 Å². The molecule has 0 aliphatic rings. The number of fused-ring (bicyclic) bond motifs is 4. The molecular weight excluding hydrogens is 246 g/mol. The lowest BCUT2D eigenvalue weighted by molar-refractivity contribution is 0.669. The summed E-state index contributed by atoms with van der Waals surface area (Å²) in [6.07, 6.45) is 0. The van der Waals surface area contributed by atoms with Crippen LogP contribution in [-0.2, 0) is 0 Å². The van der Waals surface area contributed by atoms with Crippen molar-refractivity contribution >= 4 is 44.6 Å². The van der Waals surface area contributed by atoms with Crippen LogP contribution in [0.15, 0.2) is 52.9 Å². The maximum absolute atomic E-state index is 5.97. The normalized spacial score (nSPS) is 11.6. The first-order valence-corrected chi connectivity index (χ1v) is 6.07. The molecule has 0 fully saturated rings. The minimum Gasteiger partial charge on any atom is -0.454 e. The lowest BCUT2D eigenvalue weighted by Gasteiger charge is -1.95. The molecule has 0 amide bonds. The average Bonchev–Trinajstić information content (AvgIpc) is 2.72. The Hall–Kier alpha value is -2.06. The number of hydrogen-bond donors (Lipinski definition) is 0. The van der Waals surface area contributed by atoms with E-state index in [-0.39, 0.29) is 0 Å². The Morgan fingerprint density at radius 1 is 0.944 bits per heavy atom. The minimum absolute atomic E-state index is 0.672. The van der Waals surface area contributed by atoms with Crippen LogP contribution in [0.1, 0.15) is 0 Å². The summed E-state index contributed by atoms with van der Waals surface area (Å²) in [4.78, 5) is 4.66. The zero-order valence-electron chi connectivity index (χ0n) is 9.35. The largest absolute Gasteiger partial charge is 0.454 e. The second-order valence-corrected chi connectivity index (χ2v) is 4.71. The van der Waals surface area contributed by atoms with Gasteiger partial charge in [-0.15, -0.1) is 0 Å². The summed E-state index contributed by atoms with van der Waals surface area (Å²) in [6.45, 7) is 0. The molecule has 2 aromatic carbocycles. The van der Waals surface area contributed by atoms with Crippen LogP contribution in [-0.4, -0.2) is 4.98 Å². The van der Waals surface area contributed by atoms with E-state index in [0.717, 1.165) is 33.0 Å². The number of furan rings is 1. The van der Waals surface area contributed by atoms with E-state index >= 15 is 0 Å². The van der Waals surface area contributed by atoms with Crippen LogP contribution in [0.25, 0.3) is 33.0 Å². The summed E-state index contributed by atoms with van der Waals surface area (Å²) in [5, 5.41) is 2.75. The summed E-state index contributed by atoms with van der Waals surface area (Å²) < 4.78 is 5.79. The van der Waals surface area contributed by atoms with Gasteiger partial charge in [-0.2, -0.15) is 0 Å². The molecule has 0 bridgehead atoms. The molecule has 0 aliphatic carbocycles. The van der Waals surface area contributed by atoms with Crippen molar-refractivity contribution in [2.24, 2.45) is 0 Å². The van der Waals surface area contributed by atoms with Crippen molar-refractivity contribution in [2.75, 3.05) is 0 Å². The van der Waals surface area contributed by atoms with Crippen molar-refractivity contribution in [3.8, 4) is 0 Å². The zero-order chi connectivity index (χ0) is 12.1. The van der Waals surface area contributed by atoms with E-state index in [2.05, 4.69) is 4.98 Å². The molecule has 0 saturated heterocycles. The lowest BCUT2D eigenvalue weighted by Crippen LogP contribution is -1.78. The van der Waals surface area contributed by atoms with Crippen molar-refractivity contribution in [2.45, 2.75) is 0 Å². The van der Waals surface area contributed by atoms with Gasteiger partial charge in [-0.1, -0.05) is 29.8 Å². The molecule has 0 radical (unpaired) electrons. The molecule has 0 spiro atoms. The molecule has 2 nitrogen and oxygen atoms in total. The Morgan fingerprint density at radius 2 is 1.83 bits per heavy atom. The van der Waals surface area contributed by atoms with Crippen LogP contribution in [0.3, 0.4) is 0 Å². The molecule has 0 N–H and O–H groups in total. The molecule has 3 heteroatoms. The minimum atomic E-state index is 0.672. The highest BCUT2D eigenvalue weighted by Crippen LogP contribution is 2.31. The number of aromatic nitrogens is 1. The van der Waals surface area contributed by atoms with Crippen LogP contribution in [0.5, 0.6) is 0 Å². The SMILES string of the molecule is Clc1ccc2c(c1)oc1cc3ccccc3nc12. The summed E-state index contributed by atoms with van der Waals surface area (Å²) >= 11 is 5.97. The highest BCUT2D eigenvalue weighted by atomic mass is 35.5. The predicted molar refractivity (Wildman–Crippen MR) is 74.0 cm³/mol. The predicted octanol–water partition coefficient (Wildman–Crippen LogP) is 4.79. The molecule has 0 aliphatic heterocycles. The molecular formula is C15H8ClNO. The Balaban J connectivity index is 2.23. The van der Waals surface area contributed by atoms with Crippen LogP contribution < -0.4 is 0 Å². The first-order chi connectivity index (χ1) is 8.81. The Morgan fingerprint density at radius 3 is 2.78 bits per heavy atom. The van der Waals surface area contributed by atoms with Crippen molar-refractivity contribution in [3.63, 3.8) is 0 Å². The fraction of sp³-hybridized carbons (Fsp3) is 0. The number of nitrogens with zero attached hydrogens (tertiary/aromatic N) is 1. The van der Waals surface area contributed by atoms with Gasteiger partial charge < -0.3 is 4.42 Å². The molecule has 4 aromatic rings. The van der Waals surface area contributed by atoms with Gasteiger partial charge >= 0.3 is 0 Å². The zero-order valence-corrected chi connectivity index (χ0v) is 10.1. The number of rotatable bonds is 0. The maximum atomic E-state index is 5.97. The van der Waals surface area contributed by atoms with Gasteiger partial charge in [0.1, 0.15) is 11.1 Å². The van der Waals surface area contributed by atoms with Gasteiger partial charge in [0.15, 0.2) is 5.58 Å². The van der Waals surface area contributed by atoms with E-state index in [1.54, 1.807) is 0 Å². The number of benzene rings is 2. The van der Waals surface area contributed by atoms with Crippen LogP contribution in [0.4, 0.5) is 0 Å². The summed E-state index contributed by atoms with van der Waals surface area (Å²) in [5.41, 5.74) is 3.44. The Kier molecular flexibility index (Phi) is 1.91. The Bertz CT molecular complexity index is 895. The molecule has 4 rings (SSSR count). The summed E-state index contributed by atoms with van der Waals surface area (Å²) in [7, 11) is 0. The van der Waals surface area contributed by atoms with E-state index < -0.39 is 0 Å². The third-order valence-electron chi connectivity index (χ3n) is 3.11. The van der Waals surface area contributed by atoms with E-state index in [9.17, 15) is 0 Å². The molecule has 2 aromatic heterocycles. The van der Waals surface area contributed by atoms with E-state index in [1.165, 1.54) is 0 Å². The van der Waals surface area contributed by atoms with Gasteiger partial charge in [0.05, 0.1) is 5.52 Å². The van der Waals surface area contributed by atoms with E-state index in [0.29, 0.717) is 5.02 Å². The topological polar surface area (TPSA) is 26.0 Å². The van der Waals surface area contributed by atoms with Gasteiger partial charge in [0.2, 0.25) is 0 Å². The molecule has 0 unspecified atom stereocenters. The smallest absolute Gasteiger partial charge is 0.154 e. The monoisotopic (exact) mass is 253 g/mol. The third-order valence-corrected chi connectivity index (χ3v) is 3.34. The summed E-state index contributed by atoms with van der Waals surface area (Å²) in [5.74, 6) is 0. The molecule has 2 heterocycles. The standard InChI is InChI=1S/C15H8ClNO/c16-10-5-6-11-13(8-10)18-14-7-9-3-1-2-4-12(9)17-15(11)14/h1-8H. The van der Waals surface area contributed by atoms with Gasteiger partial charge in [0, 0.05) is 21.9 Å². The number of hydrogen-bond acceptors (Lipinski definition) is 2. The van der Waals surface area contributed by atoms with E-state index in [1.807, 2.05) is 48.5 Å². The quantitative estimate of drug-likeness (QED) is 0.450. The fourth-order valence-electron chi connectivity index (χ4n) is 2.26. The lowest BCUT2D eigenvalue weighted by atomic mass is 10.2. The number of halogens is 1. The van der Waals surface area contributed by atoms with Gasteiger partial charge in [-0.05, 0) is 24.3 Å². The number of para-hydroxylation sites is 1. The number of pyridine rings is 1. The second kappa shape index (κ2) is 3.47. The van der Waals surface area contributed by atoms with Gasteiger partial charge in [0.25, 0.3) is 0 Å². The van der Waals surface area contributed by atoms with Gasteiger partial charge in [-0.3, -0.25) is 0 Å². The summed E-state index contributed by atoms with van der Waals surface area (Å²) in [6, 6.07) is 15.7. The van der Waals surface area contributed by atoms with Crippen molar-refractivity contribution in [1.29, 1.82) is 0 Å². The third kappa shape index (κ3) is 1.33. The van der Waals surface area contributed by atoms with Crippen LogP contribution in [0.2, 0.25) is 5.02 Å². The second-order valence-electron chi connectivity index (χ2n) is 4.27. The molecule has 86 valence electrons. The fourth-order valence-corrected chi connectivity index (χ4v) is 2.42.